The maximum Gasteiger partial charge on any atom is 0.228 e. The third-order valence-electron chi connectivity index (χ3n) is 7.01. The van der Waals surface area contributed by atoms with Gasteiger partial charge in [0, 0.05) is 67.0 Å². The van der Waals surface area contributed by atoms with Crippen molar-refractivity contribution >= 4 is 40.0 Å². The summed E-state index contributed by atoms with van der Waals surface area (Å²) < 4.78 is 13.1. The van der Waals surface area contributed by atoms with Gasteiger partial charge in [-0.3, -0.25) is 9.58 Å². The first-order valence-electron chi connectivity index (χ1n) is 13.2. The fourth-order valence-corrected chi connectivity index (χ4v) is 5.05. The standard InChI is InChI=1S/C28H32ClN7O2/c29-23-3-5-24(6-4-23)31-27-19-25(32-28(33-27)35-12-16-38-17-13-35)21-2-7-26-22(18-21)20-30-36(26)9-1-8-34-10-14-37-15-11-34/h2-7,18-20H,1,8-17H2,(H,31,32,33). The van der Waals surface area contributed by atoms with Crippen molar-refractivity contribution in [3.8, 4) is 11.3 Å². The van der Waals surface area contributed by atoms with E-state index in [0.29, 0.717) is 24.2 Å². The van der Waals surface area contributed by atoms with Crippen LogP contribution in [0.3, 0.4) is 0 Å². The Kier molecular flexibility index (Phi) is 7.69. The highest BCUT2D eigenvalue weighted by Gasteiger charge is 2.17. The lowest BCUT2D eigenvalue weighted by atomic mass is 10.1. The second-order valence-corrected chi connectivity index (χ2v) is 10.1. The van der Waals surface area contributed by atoms with Crippen molar-refractivity contribution in [2.24, 2.45) is 0 Å². The molecule has 0 saturated carbocycles. The fourth-order valence-electron chi connectivity index (χ4n) is 4.93. The normalized spacial score (nSPS) is 16.7. The lowest BCUT2D eigenvalue weighted by molar-refractivity contribution is 0.0368. The van der Waals surface area contributed by atoms with Crippen molar-refractivity contribution in [2.75, 3.05) is 69.4 Å². The number of halogens is 1. The van der Waals surface area contributed by atoms with Crippen LogP contribution >= 0.6 is 11.6 Å². The number of benzene rings is 2. The van der Waals surface area contributed by atoms with Crippen LogP contribution in [0.25, 0.3) is 22.2 Å². The molecule has 2 fully saturated rings. The fraction of sp³-hybridized carbons (Fsp3) is 0.393. The molecular formula is C28H32ClN7O2. The van der Waals surface area contributed by atoms with Crippen molar-refractivity contribution in [2.45, 2.75) is 13.0 Å². The van der Waals surface area contributed by atoms with E-state index in [1.54, 1.807) is 0 Å². The molecule has 2 aromatic heterocycles. The third kappa shape index (κ3) is 5.91. The molecule has 6 rings (SSSR count). The minimum atomic E-state index is 0.671. The number of rotatable bonds is 8. The van der Waals surface area contributed by atoms with Gasteiger partial charge >= 0.3 is 0 Å². The van der Waals surface area contributed by atoms with E-state index in [1.165, 1.54) is 0 Å². The van der Waals surface area contributed by atoms with Gasteiger partial charge in [-0.2, -0.15) is 10.1 Å². The maximum absolute atomic E-state index is 6.07. The van der Waals surface area contributed by atoms with Gasteiger partial charge in [-0.05, 0) is 42.8 Å². The van der Waals surface area contributed by atoms with Crippen molar-refractivity contribution in [1.29, 1.82) is 0 Å². The van der Waals surface area contributed by atoms with Gasteiger partial charge in [-0.1, -0.05) is 17.7 Å². The Labute approximate surface area is 227 Å². The molecule has 0 radical (unpaired) electrons. The van der Waals surface area contributed by atoms with Gasteiger partial charge in [0.2, 0.25) is 5.95 Å². The largest absolute Gasteiger partial charge is 0.379 e. The number of nitrogens with zero attached hydrogens (tertiary/aromatic N) is 6. The average Bonchev–Trinajstić information content (AvgIpc) is 3.37. The Balaban J connectivity index is 1.24. The molecule has 9 nitrogen and oxygen atoms in total. The predicted molar refractivity (Wildman–Crippen MR) is 150 cm³/mol. The van der Waals surface area contributed by atoms with Crippen LogP contribution < -0.4 is 10.2 Å². The van der Waals surface area contributed by atoms with Gasteiger partial charge in [0.25, 0.3) is 0 Å². The summed E-state index contributed by atoms with van der Waals surface area (Å²) in [6.45, 7) is 8.53. The summed E-state index contributed by atoms with van der Waals surface area (Å²) in [5.41, 5.74) is 3.94. The van der Waals surface area contributed by atoms with E-state index in [9.17, 15) is 0 Å². The summed E-state index contributed by atoms with van der Waals surface area (Å²) in [4.78, 5) is 14.4. The van der Waals surface area contributed by atoms with E-state index in [1.807, 2.05) is 36.5 Å². The topological polar surface area (TPSA) is 80.6 Å². The monoisotopic (exact) mass is 533 g/mol. The van der Waals surface area contributed by atoms with E-state index >= 15 is 0 Å². The molecule has 4 aromatic rings. The van der Waals surface area contributed by atoms with E-state index in [0.717, 1.165) is 92.6 Å². The molecule has 2 aliphatic rings. The summed E-state index contributed by atoms with van der Waals surface area (Å²) in [7, 11) is 0. The van der Waals surface area contributed by atoms with Crippen molar-refractivity contribution < 1.29 is 9.47 Å². The average molecular weight is 534 g/mol. The summed E-state index contributed by atoms with van der Waals surface area (Å²) in [5, 5.41) is 9.90. The van der Waals surface area contributed by atoms with Crippen LogP contribution in [0, 0.1) is 0 Å². The van der Waals surface area contributed by atoms with Crippen LogP contribution in [0.4, 0.5) is 17.5 Å². The van der Waals surface area contributed by atoms with Gasteiger partial charge in [-0.25, -0.2) is 4.98 Å². The number of aromatic nitrogens is 4. The number of anilines is 3. The number of hydrogen-bond acceptors (Lipinski definition) is 8. The van der Waals surface area contributed by atoms with Gasteiger partial charge < -0.3 is 19.7 Å². The molecule has 0 amide bonds. The Morgan fingerprint density at radius 3 is 2.39 bits per heavy atom. The molecule has 1 N–H and O–H groups in total. The Hall–Kier alpha value is -3.24. The molecule has 2 aliphatic heterocycles. The van der Waals surface area contributed by atoms with E-state index < -0.39 is 0 Å². The molecule has 0 aliphatic carbocycles. The highest BCUT2D eigenvalue weighted by molar-refractivity contribution is 6.30. The van der Waals surface area contributed by atoms with Crippen molar-refractivity contribution in [3.63, 3.8) is 0 Å². The zero-order valence-corrected chi connectivity index (χ0v) is 22.1. The molecule has 198 valence electrons. The number of hydrogen-bond donors (Lipinski definition) is 1. The highest BCUT2D eigenvalue weighted by atomic mass is 35.5. The Morgan fingerprint density at radius 1 is 0.842 bits per heavy atom. The number of aryl methyl sites for hydroxylation is 1. The second kappa shape index (κ2) is 11.7. The minimum absolute atomic E-state index is 0.671. The van der Waals surface area contributed by atoms with Crippen LogP contribution in [0.2, 0.25) is 5.02 Å². The van der Waals surface area contributed by atoms with Crippen LogP contribution in [0.1, 0.15) is 6.42 Å². The molecule has 2 saturated heterocycles. The lowest BCUT2D eigenvalue weighted by Gasteiger charge is -2.27. The summed E-state index contributed by atoms with van der Waals surface area (Å²) in [5.74, 6) is 1.43. The SMILES string of the molecule is Clc1ccc(Nc2cc(-c3ccc4c(cnn4CCCN4CCOCC4)c3)nc(N3CCOCC3)n2)cc1. The third-order valence-corrected chi connectivity index (χ3v) is 7.26. The zero-order valence-electron chi connectivity index (χ0n) is 21.4. The van der Waals surface area contributed by atoms with Crippen molar-refractivity contribution in [1.82, 2.24) is 24.6 Å². The van der Waals surface area contributed by atoms with Crippen LogP contribution in [-0.2, 0) is 16.0 Å². The van der Waals surface area contributed by atoms with Crippen LogP contribution in [0.15, 0.2) is 54.7 Å². The molecule has 0 unspecified atom stereocenters. The van der Waals surface area contributed by atoms with Crippen molar-refractivity contribution in [3.05, 3.63) is 59.8 Å². The molecule has 2 aromatic carbocycles. The van der Waals surface area contributed by atoms with Gasteiger partial charge in [-0.15, -0.1) is 0 Å². The molecular weight excluding hydrogens is 502 g/mol. The Morgan fingerprint density at radius 2 is 1.61 bits per heavy atom. The van der Waals surface area contributed by atoms with E-state index in [4.69, 9.17) is 31.0 Å². The molecule has 0 bridgehead atoms. The number of morpholine rings is 2. The number of nitrogens with one attached hydrogen (secondary N) is 1. The van der Waals surface area contributed by atoms with Gasteiger partial charge in [0.1, 0.15) is 5.82 Å². The van der Waals surface area contributed by atoms with Crippen LogP contribution in [-0.4, -0.2) is 83.8 Å². The first-order chi connectivity index (χ1) is 18.7. The second-order valence-electron chi connectivity index (χ2n) is 9.62. The zero-order chi connectivity index (χ0) is 25.7. The van der Waals surface area contributed by atoms with E-state index in [-0.39, 0.29) is 0 Å². The highest BCUT2D eigenvalue weighted by Crippen LogP contribution is 2.28. The summed E-state index contributed by atoms with van der Waals surface area (Å²) in [6.07, 6.45) is 3.01. The molecule has 38 heavy (non-hydrogen) atoms. The molecule has 0 atom stereocenters. The maximum atomic E-state index is 6.07. The first kappa shape index (κ1) is 25.1. The Bertz CT molecular complexity index is 1370. The predicted octanol–water partition coefficient (Wildman–Crippen LogP) is 4.45. The van der Waals surface area contributed by atoms with Crippen LogP contribution in [0.5, 0.6) is 0 Å². The van der Waals surface area contributed by atoms with Gasteiger partial charge in [0.15, 0.2) is 0 Å². The molecule has 0 spiro atoms. The quantitative estimate of drug-likeness (QED) is 0.356. The lowest BCUT2D eigenvalue weighted by Crippen LogP contribution is -2.37. The number of fused-ring (bicyclic) bond motifs is 1. The first-order valence-corrected chi connectivity index (χ1v) is 13.6. The number of ether oxygens (including phenoxy) is 2. The minimum Gasteiger partial charge on any atom is -0.379 e. The van der Waals surface area contributed by atoms with Gasteiger partial charge in [0.05, 0.1) is 43.8 Å². The van der Waals surface area contributed by atoms with E-state index in [2.05, 4.69) is 43.1 Å². The summed E-state index contributed by atoms with van der Waals surface area (Å²) in [6, 6.07) is 16.0. The molecule has 10 heteroatoms. The smallest absolute Gasteiger partial charge is 0.228 e. The molecule has 4 heterocycles. The summed E-state index contributed by atoms with van der Waals surface area (Å²) >= 11 is 6.07.